The highest BCUT2D eigenvalue weighted by Crippen LogP contribution is 2.30. The Morgan fingerprint density at radius 1 is 0.914 bits per heavy atom. The number of methoxy groups -OCH3 is 2. The van der Waals surface area contributed by atoms with E-state index in [1.807, 2.05) is 47.4 Å². The molecule has 0 radical (unpaired) electrons. The summed E-state index contributed by atoms with van der Waals surface area (Å²) in [6.07, 6.45) is 1.51. The van der Waals surface area contributed by atoms with Gasteiger partial charge in [0.2, 0.25) is 5.91 Å². The fourth-order valence-electron chi connectivity index (χ4n) is 4.20. The van der Waals surface area contributed by atoms with Crippen LogP contribution in [-0.4, -0.2) is 36.2 Å². The monoisotopic (exact) mass is 487 g/mol. The molecule has 7 nitrogen and oxygen atoms in total. The van der Waals surface area contributed by atoms with Crippen molar-refractivity contribution in [1.29, 1.82) is 0 Å². The largest absolute Gasteiger partial charge is 0.497 e. The van der Waals surface area contributed by atoms with Crippen molar-refractivity contribution < 1.29 is 14.3 Å². The first kappa shape index (κ1) is 23.0. The number of amides is 1. The van der Waals surface area contributed by atoms with Crippen molar-refractivity contribution in [2.75, 3.05) is 25.7 Å². The number of ether oxygens (including phenoxy) is 2. The Morgan fingerprint density at radius 3 is 2.29 bits per heavy atom. The highest BCUT2D eigenvalue weighted by atomic mass is 32.2. The Bertz CT molecular complexity index is 1430. The van der Waals surface area contributed by atoms with Gasteiger partial charge in [-0.25, -0.2) is 4.98 Å². The van der Waals surface area contributed by atoms with E-state index in [-0.39, 0.29) is 11.5 Å². The molecule has 0 saturated carbocycles. The highest BCUT2D eigenvalue weighted by Gasteiger charge is 2.21. The first-order valence-corrected chi connectivity index (χ1v) is 12.3. The first-order valence-electron chi connectivity index (χ1n) is 11.3. The zero-order valence-corrected chi connectivity index (χ0v) is 20.4. The maximum atomic E-state index is 13.6. The van der Waals surface area contributed by atoms with Crippen LogP contribution in [0.3, 0.4) is 0 Å². The van der Waals surface area contributed by atoms with E-state index in [0.717, 1.165) is 24.2 Å². The van der Waals surface area contributed by atoms with Gasteiger partial charge >= 0.3 is 0 Å². The Morgan fingerprint density at radius 2 is 1.63 bits per heavy atom. The zero-order chi connectivity index (χ0) is 24.4. The van der Waals surface area contributed by atoms with Crippen LogP contribution in [0.1, 0.15) is 18.4 Å². The van der Waals surface area contributed by atoms with Gasteiger partial charge in [-0.1, -0.05) is 36.0 Å². The van der Waals surface area contributed by atoms with Crippen LogP contribution in [0, 0.1) is 0 Å². The van der Waals surface area contributed by atoms with E-state index < -0.39 is 0 Å². The lowest BCUT2D eigenvalue weighted by Crippen LogP contribution is -2.23. The molecule has 1 aliphatic heterocycles. The van der Waals surface area contributed by atoms with Gasteiger partial charge in [-0.3, -0.25) is 14.2 Å². The van der Waals surface area contributed by atoms with Gasteiger partial charge in [0.15, 0.2) is 5.16 Å². The second-order valence-electron chi connectivity index (χ2n) is 8.23. The molecular weight excluding hydrogens is 462 g/mol. The summed E-state index contributed by atoms with van der Waals surface area (Å²) in [6.45, 7) is 0.768. The molecular formula is C27H25N3O4S. The van der Waals surface area contributed by atoms with Crippen molar-refractivity contribution in [2.45, 2.75) is 23.8 Å². The molecule has 35 heavy (non-hydrogen) atoms. The number of thioether (sulfide) groups is 1. The third kappa shape index (κ3) is 4.61. The summed E-state index contributed by atoms with van der Waals surface area (Å²) in [5.74, 6) is 1.95. The molecule has 0 atom stereocenters. The summed E-state index contributed by atoms with van der Waals surface area (Å²) in [7, 11) is 3.16. The number of carbonyl (C=O) groups is 1. The van der Waals surface area contributed by atoms with Crippen LogP contribution in [0.4, 0.5) is 5.69 Å². The van der Waals surface area contributed by atoms with E-state index in [4.69, 9.17) is 14.5 Å². The standard InChI is InChI=1S/C27H25N3O4S/c1-33-21-14-20(15-22(16-21)34-2)30-26(32)23-6-3-4-7-24(23)28-27(30)35-17-18-9-11-19(12-10-18)29-13-5-8-25(29)31/h3-4,6-7,9-12,14-16H,5,8,13,17H2,1-2H3. The van der Waals surface area contributed by atoms with Gasteiger partial charge in [0.25, 0.3) is 5.56 Å². The van der Waals surface area contributed by atoms with E-state index in [2.05, 4.69) is 0 Å². The Hall–Kier alpha value is -3.78. The van der Waals surface area contributed by atoms with Crippen molar-refractivity contribution in [1.82, 2.24) is 9.55 Å². The Kier molecular flexibility index (Phi) is 6.46. The molecule has 0 N–H and O–H groups in total. The predicted molar refractivity (Wildman–Crippen MR) is 138 cm³/mol. The number of benzene rings is 3. The fraction of sp³-hybridized carbons (Fsp3) is 0.222. The van der Waals surface area contributed by atoms with Crippen LogP contribution in [0.2, 0.25) is 0 Å². The molecule has 1 aliphatic rings. The summed E-state index contributed by atoms with van der Waals surface area (Å²) >= 11 is 1.48. The fourth-order valence-corrected chi connectivity index (χ4v) is 5.17. The van der Waals surface area contributed by atoms with E-state index in [9.17, 15) is 9.59 Å². The van der Waals surface area contributed by atoms with Crippen molar-refractivity contribution in [3.05, 3.63) is 82.6 Å². The predicted octanol–water partition coefficient (Wildman–Crippen LogP) is 4.82. The summed E-state index contributed by atoms with van der Waals surface area (Å²) in [5.41, 5.74) is 3.10. The topological polar surface area (TPSA) is 73.7 Å². The Balaban J connectivity index is 1.51. The van der Waals surface area contributed by atoms with Crippen LogP contribution >= 0.6 is 11.8 Å². The molecule has 1 fully saturated rings. The normalized spacial score (nSPS) is 13.4. The second-order valence-corrected chi connectivity index (χ2v) is 9.17. The maximum Gasteiger partial charge on any atom is 0.266 e. The lowest BCUT2D eigenvalue weighted by molar-refractivity contribution is -0.117. The molecule has 0 spiro atoms. The number of nitrogens with zero attached hydrogens (tertiary/aromatic N) is 3. The summed E-state index contributed by atoms with van der Waals surface area (Å²) in [6, 6.07) is 20.7. The lowest BCUT2D eigenvalue weighted by Gasteiger charge is -2.16. The molecule has 3 aromatic carbocycles. The lowest BCUT2D eigenvalue weighted by atomic mass is 10.2. The van der Waals surface area contributed by atoms with Gasteiger partial charge in [0.1, 0.15) is 11.5 Å². The van der Waals surface area contributed by atoms with Gasteiger partial charge in [-0.2, -0.15) is 0 Å². The van der Waals surface area contributed by atoms with E-state index in [1.165, 1.54) is 11.8 Å². The summed E-state index contributed by atoms with van der Waals surface area (Å²) in [5, 5.41) is 1.11. The van der Waals surface area contributed by atoms with Crippen molar-refractivity contribution >= 4 is 34.3 Å². The smallest absolute Gasteiger partial charge is 0.266 e. The second kappa shape index (κ2) is 9.84. The van der Waals surface area contributed by atoms with Crippen molar-refractivity contribution in [2.24, 2.45) is 0 Å². The molecule has 1 amide bonds. The number of anilines is 1. The number of rotatable bonds is 7. The molecule has 178 valence electrons. The zero-order valence-electron chi connectivity index (χ0n) is 19.6. The van der Waals surface area contributed by atoms with Gasteiger partial charge < -0.3 is 14.4 Å². The van der Waals surface area contributed by atoms with Crippen LogP contribution in [0.5, 0.6) is 11.5 Å². The molecule has 0 bridgehead atoms. The summed E-state index contributed by atoms with van der Waals surface area (Å²) < 4.78 is 12.5. The van der Waals surface area contributed by atoms with Crippen LogP contribution < -0.4 is 19.9 Å². The molecule has 8 heteroatoms. The van der Waals surface area contributed by atoms with Crippen LogP contribution in [0.25, 0.3) is 16.6 Å². The van der Waals surface area contributed by atoms with E-state index >= 15 is 0 Å². The van der Waals surface area contributed by atoms with Crippen LogP contribution in [-0.2, 0) is 10.5 Å². The van der Waals surface area contributed by atoms with E-state index in [1.54, 1.807) is 43.1 Å². The van der Waals surface area contributed by atoms with Gasteiger partial charge in [0.05, 0.1) is 30.8 Å². The number of hydrogen-bond acceptors (Lipinski definition) is 6. The number of fused-ring (bicyclic) bond motifs is 1. The molecule has 0 unspecified atom stereocenters. The van der Waals surface area contributed by atoms with Gasteiger partial charge in [-0.05, 0) is 36.2 Å². The number of carbonyl (C=O) groups excluding carboxylic acids is 1. The quantitative estimate of drug-likeness (QED) is 0.275. The van der Waals surface area contributed by atoms with Crippen molar-refractivity contribution in [3.8, 4) is 17.2 Å². The van der Waals surface area contributed by atoms with Gasteiger partial charge in [-0.15, -0.1) is 0 Å². The number of para-hydroxylation sites is 1. The SMILES string of the molecule is COc1cc(OC)cc(-n2c(SCc3ccc(N4CCCC4=O)cc3)nc3ccccc3c2=O)c1. The Labute approximate surface area is 207 Å². The highest BCUT2D eigenvalue weighted by molar-refractivity contribution is 7.98. The minimum absolute atomic E-state index is 0.156. The molecule has 0 aliphatic carbocycles. The number of aromatic nitrogens is 2. The average molecular weight is 488 g/mol. The van der Waals surface area contributed by atoms with Crippen molar-refractivity contribution in [3.63, 3.8) is 0 Å². The maximum absolute atomic E-state index is 13.6. The number of hydrogen-bond donors (Lipinski definition) is 0. The molecule has 1 saturated heterocycles. The molecule has 2 heterocycles. The minimum Gasteiger partial charge on any atom is -0.497 e. The summed E-state index contributed by atoms with van der Waals surface area (Å²) in [4.78, 5) is 32.3. The van der Waals surface area contributed by atoms with E-state index in [0.29, 0.717) is 45.4 Å². The molecule has 5 rings (SSSR count). The molecule has 4 aromatic rings. The third-order valence-electron chi connectivity index (χ3n) is 6.03. The van der Waals surface area contributed by atoms with Gasteiger partial charge in [0, 0.05) is 42.6 Å². The average Bonchev–Trinajstić information content (AvgIpc) is 3.33. The molecule has 1 aromatic heterocycles. The third-order valence-corrected chi connectivity index (χ3v) is 7.04. The minimum atomic E-state index is -0.156. The first-order chi connectivity index (χ1) is 17.1. The van der Waals surface area contributed by atoms with Crippen LogP contribution in [0.15, 0.2) is 76.7 Å².